The number of fused-ring (bicyclic) bond motifs is 5. The molecule has 0 atom stereocenters. The van der Waals surface area contributed by atoms with Crippen LogP contribution in [0.15, 0.2) is 54.6 Å². The second-order valence-corrected chi connectivity index (χ2v) is 7.20. The van der Waals surface area contributed by atoms with E-state index in [2.05, 4.69) is 73.5 Å². The molecule has 0 unspecified atom stereocenters. The number of rotatable bonds is 0. The minimum Gasteiger partial charge on any atom is -0.344 e. The van der Waals surface area contributed by atoms with E-state index in [4.69, 9.17) is 0 Å². The Bertz CT molecular complexity index is 968. The molecule has 1 heterocycles. The van der Waals surface area contributed by atoms with Crippen LogP contribution in [0.5, 0.6) is 0 Å². The molecule has 1 nitrogen and oxygen atoms in total. The minimum atomic E-state index is 1.05. The summed E-state index contributed by atoms with van der Waals surface area (Å²) in [5, 5.41) is 0. The molecule has 3 aromatic rings. The second-order valence-electron chi connectivity index (χ2n) is 7.20. The van der Waals surface area contributed by atoms with E-state index in [-0.39, 0.29) is 0 Å². The Kier molecular flexibility index (Phi) is 2.87. The van der Waals surface area contributed by atoms with Crippen LogP contribution in [0.3, 0.4) is 0 Å². The summed E-state index contributed by atoms with van der Waals surface area (Å²) in [5.41, 5.74) is 13.1. The highest BCUT2D eigenvalue weighted by Crippen LogP contribution is 2.43. The lowest BCUT2D eigenvalue weighted by atomic mass is 9.81. The number of nitrogens with zero attached hydrogens (tertiary/aromatic N) is 1. The fourth-order valence-electron chi connectivity index (χ4n) is 4.46. The van der Waals surface area contributed by atoms with Crippen molar-refractivity contribution in [3.63, 3.8) is 0 Å². The van der Waals surface area contributed by atoms with Crippen LogP contribution in [0, 0.1) is 6.92 Å². The Labute approximate surface area is 143 Å². The van der Waals surface area contributed by atoms with E-state index < -0.39 is 0 Å². The number of benzene rings is 3. The van der Waals surface area contributed by atoms with Crippen LogP contribution in [-0.2, 0) is 19.3 Å². The highest BCUT2D eigenvalue weighted by Gasteiger charge is 2.26. The van der Waals surface area contributed by atoms with E-state index in [0.29, 0.717) is 0 Å². The lowest BCUT2D eigenvalue weighted by Gasteiger charge is -2.35. The van der Waals surface area contributed by atoms with Crippen LogP contribution in [-0.4, -0.2) is 7.05 Å². The molecule has 0 fully saturated rings. The third-order valence-electron chi connectivity index (χ3n) is 5.64. The summed E-state index contributed by atoms with van der Waals surface area (Å²) in [6.07, 6.45) is 3.17. The smallest absolute Gasteiger partial charge is 0.0482 e. The minimum absolute atomic E-state index is 1.05. The lowest BCUT2D eigenvalue weighted by molar-refractivity contribution is 0.957. The van der Waals surface area contributed by atoms with Gasteiger partial charge in [-0.1, -0.05) is 54.1 Å². The van der Waals surface area contributed by atoms with E-state index in [1.807, 2.05) is 0 Å². The van der Waals surface area contributed by atoms with E-state index >= 15 is 0 Å². The van der Waals surface area contributed by atoms with Gasteiger partial charge in [-0.2, -0.15) is 0 Å². The van der Waals surface area contributed by atoms with Crippen molar-refractivity contribution < 1.29 is 0 Å². The summed E-state index contributed by atoms with van der Waals surface area (Å²) in [6.45, 7) is 2.18. The van der Waals surface area contributed by atoms with Crippen molar-refractivity contribution in [1.82, 2.24) is 0 Å². The van der Waals surface area contributed by atoms with Crippen molar-refractivity contribution in [3.05, 3.63) is 93.5 Å². The van der Waals surface area contributed by atoms with Gasteiger partial charge in [0.2, 0.25) is 0 Å². The van der Waals surface area contributed by atoms with Gasteiger partial charge < -0.3 is 4.90 Å². The summed E-state index contributed by atoms with van der Waals surface area (Å²) in [6, 6.07) is 20.5. The monoisotopic (exact) mass is 311 g/mol. The van der Waals surface area contributed by atoms with E-state index in [1.54, 1.807) is 0 Å². The predicted molar refractivity (Wildman–Crippen MR) is 101 cm³/mol. The molecule has 0 saturated carbocycles. The molecule has 0 bridgehead atoms. The zero-order valence-corrected chi connectivity index (χ0v) is 14.3. The van der Waals surface area contributed by atoms with Gasteiger partial charge in [0.25, 0.3) is 0 Å². The molecule has 1 aliphatic heterocycles. The van der Waals surface area contributed by atoms with Gasteiger partial charge in [0.05, 0.1) is 0 Å². The SMILES string of the molecule is Cc1ccc2c(c1)Cc1ccc3c(c1N2C)Cc1ccccc1C3. The standard InChI is InChI=1S/C23H21N/c1-15-7-10-22-20(11-15)13-19-9-8-18-12-16-5-3-4-6-17(16)14-21(18)23(19)24(22)2/h3-11H,12-14H2,1-2H3. The van der Waals surface area contributed by atoms with Gasteiger partial charge >= 0.3 is 0 Å². The van der Waals surface area contributed by atoms with Crippen molar-refractivity contribution in [2.24, 2.45) is 0 Å². The highest BCUT2D eigenvalue weighted by atomic mass is 15.1. The average molecular weight is 311 g/mol. The molecule has 0 saturated heterocycles. The fourth-order valence-corrected chi connectivity index (χ4v) is 4.46. The Morgan fingerprint density at radius 3 is 2.25 bits per heavy atom. The average Bonchev–Trinajstić information content (AvgIpc) is 2.59. The maximum absolute atomic E-state index is 2.42. The van der Waals surface area contributed by atoms with E-state index in [9.17, 15) is 0 Å². The zero-order valence-electron chi connectivity index (χ0n) is 14.3. The number of anilines is 2. The maximum atomic E-state index is 2.42. The van der Waals surface area contributed by atoms with Crippen LogP contribution in [0.1, 0.15) is 38.9 Å². The first kappa shape index (κ1) is 13.9. The largest absolute Gasteiger partial charge is 0.344 e. The molecule has 1 aliphatic carbocycles. The van der Waals surface area contributed by atoms with Gasteiger partial charge in [-0.15, -0.1) is 0 Å². The van der Waals surface area contributed by atoms with Crippen molar-refractivity contribution in [2.75, 3.05) is 11.9 Å². The molecular formula is C23H21N. The molecule has 24 heavy (non-hydrogen) atoms. The molecule has 0 N–H and O–H groups in total. The summed E-state index contributed by atoms with van der Waals surface area (Å²) in [7, 11) is 2.23. The second kappa shape index (κ2) is 4.98. The van der Waals surface area contributed by atoms with Gasteiger partial charge in [0.1, 0.15) is 0 Å². The van der Waals surface area contributed by atoms with Gasteiger partial charge in [0, 0.05) is 31.3 Å². The third-order valence-corrected chi connectivity index (χ3v) is 5.64. The Morgan fingerprint density at radius 1 is 0.708 bits per heavy atom. The number of hydrogen-bond acceptors (Lipinski definition) is 1. The lowest BCUT2D eigenvalue weighted by Crippen LogP contribution is -2.22. The van der Waals surface area contributed by atoms with Crippen molar-refractivity contribution in [1.29, 1.82) is 0 Å². The van der Waals surface area contributed by atoms with Crippen LogP contribution < -0.4 is 4.90 Å². The third kappa shape index (κ3) is 1.94. The highest BCUT2D eigenvalue weighted by molar-refractivity contribution is 5.78. The quantitative estimate of drug-likeness (QED) is 0.433. The van der Waals surface area contributed by atoms with E-state index in [1.165, 1.54) is 50.3 Å². The topological polar surface area (TPSA) is 3.24 Å². The van der Waals surface area contributed by atoms with Gasteiger partial charge in [-0.3, -0.25) is 0 Å². The molecule has 3 aromatic carbocycles. The molecule has 5 rings (SSSR count). The first-order valence-electron chi connectivity index (χ1n) is 8.74. The molecule has 2 aliphatic rings. The molecule has 0 aromatic heterocycles. The Balaban J connectivity index is 1.67. The molecule has 0 spiro atoms. The van der Waals surface area contributed by atoms with Gasteiger partial charge in [0.15, 0.2) is 0 Å². The van der Waals surface area contributed by atoms with Crippen molar-refractivity contribution in [2.45, 2.75) is 26.2 Å². The summed E-state index contributed by atoms with van der Waals surface area (Å²) in [5.74, 6) is 0. The first-order valence-corrected chi connectivity index (χ1v) is 8.74. The Hall–Kier alpha value is -2.54. The fraction of sp³-hybridized carbons (Fsp3) is 0.217. The summed E-state index contributed by atoms with van der Waals surface area (Å²) in [4.78, 5) is 2.42. The van der Waals surface area contributed by atoms with E-state index in [0.717, 1.165) is 19.3 Å². The molecule has 0 amide bonds. The van der Waals surface area contributed by atoms with Crippen molar-refractivity contribution >= 4 is 11.4 Å². The molecule has 0 radical (unpaired) electrons. The number of aryl methyl sites for hydroxylation is 1. The van der Waals surface area contributed by atoms with Gasteiger partial charge in [-0.25, -0.2) is 0 Å². The maximum Gasteiger partial charge on any atom is 0.0482 e. The van der Waals surface area contributed by atoms with Crippen LogP contribution in [0.4, 0.5) is 11.4 Å². The van der Waals surface area contributed by atoms with Crippen molar-refractivity contribution in [3.8, 4) is 0 Å². The molecule has 1 heteroatoms. The summed E-state index contributed by atoms with van der Waals surface area (Å²) >= 11 is 0. The number of hydrogen-bond donors (Lipinski definition) is 0. The predicted octanol–water partition coefficient (Wildman–Crippen LogP) is 5.16. The molecule has 118 valence electrons. The van der Waals surface area contributed by atoms with Crippen LogP contribution in [0.2, 0.25) is 0 Å². The van der Waals surface area contributed by atoms with Gasteiger partial charge in [-0.05, 0) is 52.8 Å². The molecular weight excluding hydrogens is 290 g/mol. The van der Waals surface area contributed by atoms with Crippen LogP contribution >= 0.6 is 0 Å². The first-order chi connectivity index (χ1) is 11.7. The Morgan fingerprint density at radius 2 is 1.42 bits per heavy atom. The normalized spacial score (nSPS) is 14.5. The summed E-state index contributed by atoms with van der Waals surface area (Å²) < 4.78 is 0. The van der Waals surface area contributed by atoms with Crippen LogP contribution in [0.25, 0.3) is 0 Å². The zero-order chi connectivity index (χ0) is 16.3.